The Morgan fingerprint density at radius 1 is 0.600 bits per heavy atom. The molecule has 0 unspecified atom stereocenters. The summed E-state index contributed by atoms with van der Waals surface area (Å²) in [6.07, 6.45) is 4.30. The molecule has 3 aromatic rings. The van der Waals surface area contributed by atoms with Crippen molar-refractivity contribution >= 4 is 11.9 Å². The summed E-state index contributed by atoms with van der Waals surface area (Å²) in [5.74, 6) is 0. The fraction of sp³-hybridized carbons (Fsp3) is 0.0435. The van der Waals surface area contributed by atoms with Crippen LogP contribution in [-0.2, 0) is 5.41 Å². The molecule has 122 valence electrons. The zero-order valence-corrected chi connectivity index (χ0v) is 14.6. The van der Waals surface area contributed by atoms with Gasteiger partial charge in [0.25, 0.3) is 0 Å². The Hall–Kier alpha value is -2.71. The lowest BCUT2D eigenvalue weighted by Crippen LogP contribution is -2.36. The number of rotatable bonds is 4. The van der Waals surface area contributed by atoms with Crippen molar-refractivity contribution in [3.8, 4) is 0 Å². The van der Waals surface area contributed by atoms with Crippen molar-refractivity contribution in [3.63, 3.8) is 0 Å². The van der Waals surface area contributed by atoms with Crippen molar-refractivity contribution in [2.24, 2.45) is 0 Å². The van der Waals surface area contributed by atoms with E-state index in [0.717, 1.165) is 0 Å². The molecule has 0 saturated heterocycles. The molecule has 1 heterocycles. The van der Waals surface area contributed by atoms with Crippen LogP contribution in [0.1, 0.15) is 16.7 Å². The van der Waals surface area contributed by atoms with E-state index in [0.29, 0.717) is 0 Å². The molecule has 1 nitrogen and oxygen atoms in total. The van der Waals surface area contributed by atoms with E-state index in [1.54, 1.807) is 11.9 Å². The minimum Gasteiger partial charge on any atom is -0.328 e. The molecule has 0 saturated carbocycles. The van der Waals surface area contributed by atoms with Gasteiger partial charge in [-0.15, -0.1) is 0 Å². The highest BCUT2D eigenvalue weighted by Crippen LogP contribution is 2.45. The first kappa shape index (κ1) is 15.8. The Kier molecular flexibility index (Phi) is 4.45. The lowest BCUT2D eigenvalue weighted by atomic mass is 9.67. The number of nitrogens with one attached hydrogen (secondary N) is 1. The summed E-state index contributed by atoms with van der Waals surface area (Å²) in [6, 6.07) is 32.2. The summed E-state index contributed by atoms with van der Waals surface area (Å²) in [6.45, 7) is 0. The van der Waals surface area contributed by atoms with Crippen LogP contribution in [0, 0.1) is 0 Å². The van der Waals surface area contributed by atoms with Gasteiger partial charge < -0.3 is 4.72 Å². The maximum atomic E-state index is 3.55. The lowest BCUT2D eigenvalue weighted by Gasteiger charge is -2.38. The molecule has 2 heteroatoms. The Labute approximate surface area is 153 Å². The standard InChI is InChI=1S/C23H19NS/c1-4-11-19(12-5-1)23(20-13-6-2-7-14-20,21-15-8-3-9-16-21)22-17-10-18-25-24-22/h1-18,24H. The Morgan fingerprint density at radius 3 is 1.40 bits per heavy atom. The molecule has 4 rings (SSSR count). The van der Waals surface area contributed by atoms with Gasteiger partial charge in [-0.2, -0.15) is 0 Å². The molecule has 0 atom stereocenters. The molecule has 25 heavy (non-hydrogen) atoms. The van der Waals surface area contributed by atoms with Crippen LogP contribution in [0.2, 0.25) is 0 Å². The van der Waals surface area contributed by atoms with E-state index in [2.05, 4.69) is 113 Å². The molecule has 0 aromatic heterocycles. The van der Waals surface area contributed by atoms with Crippen molar-refractivity contribution in [1.29, 1.82) is 0 Å². The summed E-state index contributed by atoms with van der Waals surface area (Å²) in [7, 11) is 0. The third-order valence-electron chi connectivity index (χ3n) is 4.60. The van der Waals surface area contributed by atoms with Crippen LogP contribution < -0.4 is 4.72 Å². The van der Waals surface area contributed by atoms with Gasteiger partial charge in [0.15, 0.2) is 0 Å². The van der Waals surface area contributed by atoms with Gasteiger partial charge >= 0.3 is 0 Å². The number of hydrogen-bond donors (Lipinski definition) is 1. The summed E-state index contributed by atoms with van der Waals surface area (Å²) in [4.78, 5) is 0. The molecular weight excluding hydrogens is 322 g/mol. The smallest absolute Gasteiger partial charge is 0.0856 e. The van der Waals surface area contributed by atoms with E-state index in [4.69, 9.17) is 0 Å². The molecular formula is C23H19NS. The van der Waals surface area contributed by atoms with Crippen LogP contribution in [0.15, 0.2) is 114 Å². The minimum absolute atomic E-state index is 0.373. The maximum absolute atomic E-state index is 3.55. The van der Waals surface area contributed by atoms with Crippen LogP contribution >= 0.6 is 11.9 Å². The highest BCUT2D eigenvalue weighted by molar-refractivity contribution is 8.00. The second-order valence-electron chi connectivity index (χ2n) is 5.98. The molecule has 0 spiro atoms. The van der Waals surface area contributed by atoms with E-state index in [9.17, 15) is 0 Å². The van der Waals surface area contributed by atoms with Crippen LogP contribution in [0.5, 0.6) is 0 Å². The van der Waals surface area contributed by atoms with Crippen LogP contribution in [0.3, 0.4) is 0 Å². The molecule has 0 aliphatic carbocycles. The predicted molar refractivity (Wildman–Crippen MR) is 107 cm³/mol. The molecule has 0 fully saturated rings. The summed E-state index contributed by atoms with van der Waals surface area (Å²) < 4.78 is 3.55. The second-order valence-corrected chi connectivity index (χ2v) is 6.69. The molecule has 1 N–H and O–H groups in total. The van der Waals surface area contributed by atoms with E-state index in [1.165, 1.54) is 22.4 Å². The quantitative estimate of drug-likeness (QED) is 0.485. The Bertz CT molecular complexity index is 786. The molecule has 0 bridgehead atoms. The van der Waals surface area contributed by atoms with Gasteiger partial charge in [-0.25, -0.2) is 0 Å². The third kappa shape index (κ3) is 2.79. The van der Waals surface area contributed by atoms with Crippen molar-refractivity contribution in [1.82, 2.24) is 4.72 Å². The van der Waals surface area contributed by atoms with Gasteiger partial charge in [0, 0.05) is 5.70 Å². The zero-order valence-electron chi connectivity index (χ0n) is 13.8. The Balaban J connectivity index is 2.08. The maximum Gasteiger partial charge on any atom is 0.0856 e. The first-order valence-electron chi connectivity index (χ1n) is 8.38. The summed E-state index contributed by atoms with van der Waals surface area (Å²) >= 11 is 1.62. The number of hydrogen-bond acceptors (Lipinski definition) is 2. The first-order chi connectivity index (χ1) is 12.4. The van der Waals surface area contributed by atoms with Crippen molar-refractivity contribution < 1.29 is 0 Å². The summed E-state index contributed by atoms with van der Waals surface area (Å²) in [5, 5.41) is 2.06. The second kappa shape index (κ2) is 7.04. The first-order valence-corrected chi connectivity index (χ1v) is 9.26. The van der Waals surface area contributed by atoms with Gasteiger partial charge in [0.05, 0.1) is 5.41 Å². The zero-order chi connectivity index (χ0) is 17.0. The molecule has 1 aliphatic heterocycles. The van der Waals surface area contributed by atoms with Gasteiger partial charge in [-0.05, 0) is 40.1 Å². The van der Waals surface area contributed by atoms with Crippen molar-refractivity contribution in [2.45, 2.75) is 5.41 Å². The molecule has 3 aromatic carbocycles. The average molecular weight is 341 g/mol. The number of allylic oxidation sites excluding steroid dienone is 3. The van der Waals surface area contributed by atoms with E-state index < -0.39 is 0 Å². The fourth-order valence-electron chi connectivity index (χ4n) is 3.54. The molecule has 0 amide bonds. The van der Waals surface area contributed by atoms with Gasteiger partial charge in [0.2, 0.25) is 0 Å². The fourth-order valence-corrected chi connectivity index (χ4v) is 4.11. The van der Waals surface area contributed by atoms with Crippen LogP contribution in [-0.4, -0.2) is 0 Å². The monoisotopic (exact) mass is 341 g/mol. The highest BCUT2D eigenvalue weighted by Gasteiger charge is 2.40. The van der Waals surface area contributed by atoms with Gasteiger partial charge in [-0.3, -0.25) is 0 Å². The van der Waals surface area contributed by atoms with Crippen LogP contribution in [0.4, 0.5) is 0 Å². The summed E-state index contributed by atoms with van der Waals surface area (Å²) in [5.41, 5.74) is 4.55. The van der Waals surface area contributed by atoms with Gasteiger partial charge in [-0.1, -0.05) is 97.1 Å². The minimum atomic E-state index is -0.373. The van der Waals surface area contributed by atoms with Gasteiger partial charge in [0.1, 0.15) is 0 Å². The highest BCUT2D eigenvalue weighted by atomic mass is 32.2. The van der Waals surface area contributed by atoms with E-state index >= 15 is 0 Å². The molecule has 0 radical (unpaired) electrons. The average Bonchev–Trinajstić information content (AvgIpc) is 2.72. The topological polar surface area (TPSA) is 12.0 Å². The lowest BCUT2D eigenvalue weighted by molar-refractivity contribution is 0.699. The predicted octanol–water partition coefficient (Wildman–Crippen LogP) is 5.67. The van der Waals surface area contributed by atoms with Crippen molar-refractivity contribution in [2.75, 3.05) is 0 Å². The largest absolute Gasteiger partial charge is 0.328 e. The number of benzene rings is 3. The van der Waals surface area contributed by atoms with Crippen molar-refractivity contribution in [3.05, 3.63) is 131 Å². The van der Waals surface area contributed by atoms with E-state index in [-0.39, 0.29) is 5.41 Å². The third-order valence-corrected chi connectivity index (χ3v) is 5.23. The van der Waals surface area contributed by atoms with E-state index in [1.807, 2.05) is 0 Å². The Morgan fingerprint density at radius 2 is 1.04 bits per heavy atom. The molecule has 1 aliphatic rings. The van der Waals surface area contributed by atoms with Crippen LogP contribution in [0.25, 0.3) is 0 Å². The normalized spacial score (nSPS) is 13.8. The SMILES string of the molecule is C1=CSNC(C(c2ccccc2)(c2ccccc2)c2ccccc2)=C1.